The molecule has 0 spiro atoms. The first-order valence-electron chi connectivity index (χ1n) is 13.3. The summed E-state index contributed by atoms with van der Waals surface area (Å²) < 4.78 is 0. The molecule has 1 fully saturated rings. The Labute approximate surface area is 220 Å². The summed E-state index contributed by atoms with van der Waals surface area (Å²) in [5.41, 5.74) is 8.44. The number of anilines is 1. The number of primary amides is 1. The van der Waals surface area contributed by atoms with Crippen LogP contribution in [-0.4, -0.2) is 45.3 Å². The number of benzene rings is 1. The Morgan fingerprint density at radius 2 is 1.75 bits per heavy atom. The van der Waals surface area contributed by atoms with E-state index in [1.54, 1.807) is 18.5 Å². The minimum Gasteiger partial charge on any atom is -0.393 e. The molecule has 2 aliphatic rings. The Morgan fingerprint density at radius 3 is 2.33 bits per heavy atom. The third-order valence-corrected chi connectivity index (χ3v) is 7.89. The molecule has 4 rings (SSSR count). The first kappa shape index (κ1) is 28.4. The number of fused-ring (bicyclic) bond motifs is 1. The number of hydrogen-bond acceptors (Lipinski definition) is 6. The van der Waals surface area contributed by atoms with Crippen molar-refractivity contribution in [1.29, 1.82) is 0 Å². The number of halogens is 1. The lowest BCUT2D eigenvalue weighted by Gasteiger charge is -2.26. The molecule has 2 aromatic rings. The third-order valence-electron chi connectivity index (χ3n) is 7.64. The quantitative estimate of drug-likeness (QED) is 0.449. The van der Waals surface area contributed by atoms with Gasteiger partial charge in [0, 0.05) is 23.7 Å². The number of nitrogens with zero attached hydrogens (tertiary/aromatic N) is 3. The molecule has 7 nitrogen and oxygen atoms in total. The highest BCUT2D eigenvalue weighted by Gasteiger charge is 2.32. The minimum absolute atomic E-state index is 0.130. The van der Waals surface area contributed by atoms with E-state index in [9.17, 15) is 15.0 Å². The van der Waals surface area contributed by atoms with Crippen molar-refractivity contribution >= 4 is 23.3 Å². The van der Waals surface area contributed by atoms with Gasteiger partial charge in [0.05, 0.1) is 23.8 Å². The first-order valence-corrected chi connectivity index (χ1v) is 13.6. The Bertz CT molecular complexity index is 975. The van der Waals surface area contributed by atoms with Gasteiger partial charge in [-0.25, -0.2) is 9.97 Å². The fourth-order valence-corrected chi connectivity index (χ4v) is 5.61. The molecule has 1 amide bonds. The highest BCUT2D eigenvalue weighted by molar-refractivity contribution is 6.30. The maximum atomic E-state index is 11.7. The van der Waals surface area contributed by atoms with Gasteiger partial charge in [-0.15, -0.1) is 0 Å². The summed E-state index contributed by atoms with van der Waals surface area (Å²) in [6, 6.07) is 7.35. The van der Waals surface area contributed by atoms with Crippen LogP contribution >= 0.6 is 11.6 Å². The van der Waals surface area contributed by atoms with Crippen LogP contribution in [0.2, 0.25) is 5.02 Å². The lowest BCUT2D eigenvalue weighted by molar-refractivity contribution is -0.119. The summed E-state index contributed by atoms with van der Waals surface area (Å²) in [6.45, 7) is 8.24. The molecule has 3 atom stereocenters. The molecule has 1 heterocycles. The fraction of sp³-hybridized carbons (Fsp3) is 0.607. The van der Waals surface area contributed by atoms with Gasteiger partial charge in [0.15, 0.2) is 0 Å². The minimum atomic E-state index is -0.415. The van der Waals surface area contributed by atoms with Crippen molar-refractivity contribution in [3.05, 3.63) is 52.4 Å². The largest absolute Gasteiger partial charge is 0.393 e. The van der Waals surface area contributed by atoms with Crippen molar-refractivity contribution in [3.63, 3.8) is 0 Å². The number of hydrogen-bond donors (Lipinski definition) is 3. The number of nitrogens with two attached hydrogens (primary N) is 1. The molecule has 0 aliphatic heterocycles. The van der Waals surface area contributed by atoms with Crippen molar-refractivity contribution in [2.75, 3.05) is 18.0 Å². The Hall–Kier alpha value is -2.22. The van der Waals surface area contributed by atoms with Crippen molar-refractivity contribution in [1.82, 2.24) is 9.97 Å². The van der Waals surface area contributed by atoms with Crippen LogP contribution in [0, 0.1) is 5.92 Å². The second-order valence-electron chi connectivity index (χ2n) is 10.1. The molecular weight excluding hydrogens is 476 g/mol. The molecule has 2 aliphatic carbocycles. The van der Waals surface area contributed by atoms with Gasteiger partial charge >= 0.3 is 0 Å². The van der Waals surface area contributed by atoms with Crippen LogP contribution in [0.1, 0.15) is 100 Å². The van der Waals surface area contributed by atoms with E-state index in [0.29, 0.717) is 16.9 Å². The Morgan fingerprint density at radius 1 is 1.11 bits per heavy atom. The molecule has 36 heavy (non-hydrogen) atoms. The molecule has 4 N–H and O–H groups in total. The van der Waals surface area contributed by atoms with Crippen molar-refractivity contribution in [2.24, 2.45) is 11.7 Å². The maximum absolute atomic E-state index is 11.7. The van der Waals surface area contributed by atoms with Crippen LogP contribution in [-0.2, 0) is 4.79 Å². The van der Waals surface area contributed by atoms with E-state index in [4.69, 9.17) is 17.3 Å². The van der Waals surface area contributed by atoms with Crippen LogP contribution in [0.5, 0.6) is 0 Å². The van der Waals surface area contributed by atoms with E-state index in [-0.39, 0.29) is 17.9 Å². The lowest BCUT2D eigenvalue weighted by Crippen LogP contribution is -2.25. The lowest BCUT2D eigenvalue weighted by atomic mass is 9.81. The summed E-state index contributed by atoms with van der Waals surface area (Å²) >= 11 is 5.87. The first-order chi connectivity index (χ1) is 17.2. The van der Waals surface area contributed by atoms with Gasteiger partial charge in [0.2, 0.25) is 5.91 Å². The highest BCUT2D eigenvalue weighted by atomic mass is 35.5. The van der Waals surface area contributed by atoms with E-state index in [0.717, 1.165) is 80.7 Å². The highest BCUT2D eigenvalue weighted by Crippen LogP contribution is 2.42. The van der Waals surface area contributed by atoms with Gasteiger partial charge in [-0.3, -0.25) is 4.79 Å². The molecule has 1 aromatic carbocycles. The van der Waals surface area contributed by atoms with Gasteiger partial charge in [0.25, 0.3) is 0 Å². The van der Waals surface area contributed by atoms with Crippen molar-refractivity contribution in [2.45, 2.75) is 89.8 Å². The zero-order chi connectivity index (χ0) is 26.2. The SMILES string of the molecule is CCN(CC)c1ncnc2c1[C@H](C)C[C@H]2O.NC(=O)C(CCC1CCC(O)CC1)c1ccc(Cl)cc1. The molecule has 0 radical (unpaired) electrons. The molecule has 0 bridgehead atoms. The van der Waals surface area contributed by atoms with Crippen LogP contribution in [0.15, 0.2) is 30.6 Å². The Kier molecular flexibility index (Phi) is 10.5. The molecule has 1 aromatic heterocycles. The van der Waals surface area contributed by atoms with Crippen LogP contribution < -0.4 is 10.6 Å². The number of aliphatic hydroxyl groups excluding tert-OH is 2. The summed E-state index contributed by atoms with van der Waals surface area (Å²) in [6.07, 6.45) is 7.41. The van der Waals surface area contributed by atoms with Gasteiger partial charge in [-0.2, -0.15) is 0 Å². The predicted molar refractivity (Wildman–Crippen MR) is 144 cm³/mol. The second-order valence-corrected chi connectivity index (χ2v) is 10.5. The zero-order valence-corrected chi connectivity index (χ0v) is 22.5. The van der Waals surface area contributed by atoms with Crippen molar-refractivity contribution in [3.8, 4) is 0 Å². The number of carbonyl (C=O) groups excluding carboxylic acids is 1. The van der Waals surface area contributed by atoms with E-state index >= 15 is 0 Å². The average Bonchev–Trinajstić information content (AvgIpc) is 3.16. The summed E-state index contributed by atoms with van der Waals surface area (Å²) in [5, 5.41) is 20.1. The average molecular weight is 517 g/mol. The molecule has 198 valence electrons. The van der Waals surface area contributed by atoms with E-state index < -0.39 is 6.10 Å². The number of amides is 1. The summed E-state index contributed by atoms with van der Waals surface area (Å²) in [5.74, 6) is 1.44. The molecular formula is C28H41ClN4O3. The van der Waals surface area contributed by atoms with Crippen LogP contribution in [0.25, 0.3) is 0 Å². The smallest absolute Gasteiger partial charge is 0.224 e. The second kappa shape index (κ2) is 13.4. The number of aliphatic hydroxyl groups is 2. The van der Waals surface area contributed by atoms with Gasteiger partial charge in [0.1, 0.15) is 12.1 Å². The van der Waals surface area contributed by atoms with E-state index in [2.05, 4.69) is 35.6 Å². The van der Waals surface area contributed by atoms with Gasteiger partial charge < -0.3 is 20.8 Å². The number of carbonyl (C=O) groups is 1. The molecule has 1 saturated carbocycles. The standard InChI is InChI=1S/C16H22ClNO2.C12H19N3O/c17-13-6-4-12(5-7-13)15(16(18)20)10-3-11-1-8-14(19)9-2-11;1-4-15(5-2)12-10-8(3)6-9(16)11(10)13-7-14-12/h4-7,11,14-15,19H,1-3,8-10H2,(H2,18,20);7-9,16H,4-6H2,1-3H3/t;8-,9-/m.1/s1. The van der Waals surface area contributed by atoms with E-state index in [1.165, 1.54) is 0 Å². The summed E-state index contributed by atoms with van der Waals surface area (Å²) in [7, 11) is 0. The molecule has 0 saturated heterocycles. The van der Waals surface area contributed by atoms with E-state index in [1.807, 2.05) is 12.1 Å². The molecule has 1 unspecified atom stereocenters. The van der Waals surface area contributed by atoms with Gasteiger partial charge in [-0.05, 0) is 88.3 Å². The van der Waals surface area contributed by atoms with Crippen LogP contribution in [0.3, 0.4) is 0 Å². The Balaban J connectivity index is 0.000000205. The van der Waals surface area contributed by atoms with Crippen LogP contribution in [0.4, 0.5) is 5.82 Å². The number of rotatable bonds is 8. The van der Waals surface area contributed by atoms with Gasteiger partial charge in [-0.1, -0.05) is 30.7 Å². The maximum Gasteiger partial charge on any atom is 0.224 e. The fourth-order valence-electron chi connectivity index (χ4n) is 5.48. The normalized spacial score (nSPS) is 23.8. The summed E-state index contributed by atoms with van der Waals surface area (Å²) in [4.78, 5) is 22.5. The topological polar surface area (TPSA) is 113 Å². The van der Waals surface area contributed by atoms with Crippen molar-refractivity contribution < 1.29 is 15.0 Å². The monoisotopic (exact) mass is 516 g/mol. The number of aromatic nitrogens is 2. The predicted octanol–water partition coefficient (Wildman–Crippen LogP) is 5.10. The third kappa shape index (κ3) is 7.17. The zero-order valence-electron chi connectivity index (χ0n) is 21.7. The molecule has 8 heteroatoms.